The molecule has 11 heteroatoms. The Kier molecular flexibility index (Phi) is 14.7. The van der Waals surface area contributed by atoms with Crippen molar-refractivity contribution in [1.82, 2.24) is 15.0 Å². The summed E-state index contributed by atoms with van der Waals surface area (Å²) in [5.74, 6) is -0.00798. The molecule has 0 aliphatic carbocycles. The first-order valence-corrected chi connectivity index (χ1v) is 20.0. The molecule has 0 spiro atoms. The van der Waals surface area contributed by atoms with Gasteiger partial charge in [0.1, 0.15) is 5.75 Å². The van der Waals surface area contributed by atoms with Crippen LogP contribution >= 0.6 is 0 Å². The standard InChI is InChI=1S/C34H58N4O5S2/c1-9-11-13-15-17-19-21-44(40,41)31-36-29(37-32(38-31)45(42,43)22-20-18-16-14-12-10-2)25-35-26-23-27(33(3,4)5)30(39)28(24-26)34(6,7)8/h23-24,35,39H,9-22,25H2,1-8H3. The molecule has 0 saturated heterocycles. The van der Waals surface area contributed by atoms with E-state index in [-0.39, 0.29) is 40.5 Å². The van der Waals surface area contributed by atoms with Crippen LogP contribution < -0.4 is 5.32 Å². The lowest BCUT2D eigenvalue weighted by atomic mass is 9.79. The Morgan fingerprint density at radius 3 is 1.38 bits per heavy atom. The summed E-state index contributed by atoms with van der Waals surface area (Å²) < 4.78 is 53.4. The van der Waals surface area contributed by atoms with E-state index >= 15 is 0 Å². The predicted octanol–water partition coefficient (Wildman–Crippen LogP) is 8.05. The fourth-order valence-electron chi connectivity index (χ4n) is 5.12. The number of aromatic hydroxyl groups is 1. The highest BCUT2D eigenvalue weighted by atomic mass is 32.2. The zero-order valence-corrected chi connectivity index (χ0v) is 30.6. The quantitative estimate of drug-likeness (QED) is 0.113. The first kappa shape index (κ1) is 38.9. The van der Waals surface area contributed by atoms with Gasteiger partial charge in [0.2, 0.25) is 19.7 Å². The highest BCUT2D eigenvalue weighted by Crippen LogP contribution is 2.41. The molecule has 2 aromatic rings. The van der Waals surface area contributed by atoms with E-state index in [1.54, 1.807) is 0 Å². The zero-order valence-electron chi connectivity index (χ0n) is 29.0. The van der Waals surface area contributed by atoms with Crippen LogP contribution in [-0.2, 0) is 37.0 Å². The fraction of sp³-hybridized carbons (Fsp3) is 0.735. The largest absolute Gasteiger partial charge is 0.507 e. The number of nitrogens with zero attached hydrogens (tertiary/aromatic N) is 3. The second kappa shape index (κ2) is 17.0. The molecule has 1 heterocycles. The van der Waals surface area contributed by atoms with Crippen LogP contribution in [-0.4, -0.2) is 48.4 Å². The van der Waals surface area contributed by atoms with E-state index in [0.717, 1.165) is 75.3 Å². The normalized spacial score (nSPS) is 12.9. The number of hydrogen-bond donors (Lipinski definition) is 2. The predicted molar refractivity (Wildman–Crippen MR) is 184 cm³/mol. The topological polar surface area (TPSA) is 139 Å². The van der Waals surface area contributed by atoms with Crippen LogP contribution in [0.15, 0.2) is 22.4 Å². The lowest BCUT2D eigenvalue weighted by molar-refractivity contribution is 0.423. The summed E-state index contributed by atoms with van der Waals surface area (Å²) in [6.07, 6.45) is 10.9. The molecule has 2 N–H and O–H groups in total. The van der Waals surface area contributed by atoms with Crippen molar-refractivity contribution in [3.63, 3.8) is 0 Å². The van der Waals surface area contributed by atoms with E-state index in [0.29, 0.717) is 18.5 Å². The molecule has 0 radical (unpaired) electrons. The number of nitrogens with one attached hydrogen (secondary N) is 1. The minimum Gasteiger partial charge on any atom is -0.507 e. The Morgan fingerprint density at radius 1 is 0.622 bits per heavy atom. The van der Waals surface area contributed by atoms with E-state index < -0.39 is 30.0 Å². The Labute approximate surface area is 273 Å². The van der Waals surface area contributed by atoms with Crippen LogP contribution in [0.2, 0.25) is 0 Å². The number of phenolic OH excluding ortho intramolecular Hbond substituents is 1. The van der Waals surface area contributed by atoms with Crippen LogP contribution in [0.5, 0.6) is 5.75 Å². The molecule has 0 saturated carbocycles. The summed E-state index contributed by atoms with van der Waals surface area (Å²) in [7, 11) is -7.84. The van der Waals surface area contributed by atoms with Gasteiger partial charge in [-0.1, -0.05) is 120 Å². The second-order valence-electron chi connectivity index (χ2n) is 14.3. The molecular weight excluding hydrogens is 609 g/mol. The van der Waals surface area contributed by atoms with Crippen LogP contribution in [0.3, 0.4) is 0 Å². The van der Waals surface area contributed by atoms with E-state index in [1.807, 2.05) is 53.7 Å². The number of sulfone groups is 2. The fourth-order valence-corrected chi connectivity index (χ4v) is 7.65. The van der Waals surface area contributed by atoms with Crippen molar-refractivity contribution < 1.29 is 21.9 Å². The van der Waals surface area contributed by atoms with Crippen LogP contribution in [0, 0.1) is 0 Å². The summed E-state index contributed by atoms with van der Waals surface area (Å²) in [5, 5.41) is 13.4. The molecule has 256 valence electrons. The first-order chi connectivity index (χ1) is 20.9. The molecule has 45 heavy (non-hydrogen) atoms. The van der Waals surface area contributed by atoms with Gasteiger partial charge in [-0.15, -0.1) is 0 Å². The van der Waals surface area contributed by atoms with Crippen molar-refractivity contribution in [3.8, 4) is 5.75 Å². The number of unbranched alkanes of at least 4 members (excludes halogenated alkanes) is 10. The highest BCUT2D eigenvalue weighted by molar-refractivity contribution is 7.91. The first-order valence-electron chi connectivity index (χ1n) is 16.7. The highest BCUT2D eigenvalue weighted by Gasteiger charge is 2.28. The molecule has 0 unspecified atom stereocenters. The molecular formula is C34H58N4O5S2. The molecule has 1 aromatic heterocycles. The average molecular weight is 667 g/mol. The zero-order chi connectivity index (χ0) is 33.9. The summed E-state index contributed by atoms with van der Waals surface area (Å²) in [6.45, 7) is 16.4. The maximum atomic E-state index is 13.3. The van der Waals surface area contributed by atoms with Gasteiger partial charge in [0.15, 0.2) is 5.82 Å². The number of hydrogen-bond acceptors (Lipinski definition) is 9. The maximum Gasteiger partial charge on any atom is 0.251 e. The molecule has 0 amide bonds. The molecule has 9 nitrogen and oxygen atoms in total. The van der Waals surface area contributed by atoms with E-state index in [1.165, 1.54) is 0 Å². The number of anilines is 1. The van der Waals surface area contributed by atoms with Gasteiger partial charge < -0.3 is 10.4 Å². The van der Waals surface area contributed by atoms with E-state index in [4.69, 9.17) is 0 Å². The smallest absolute Gasteiger partial charge is 0.251 e. The van der Waals surface area contributed by atoms with E-state index in [2.05, 4.69) is 34.1 Å². The van der Waals surface area contributed by atoms with Gasteiger partial charge in [0, 0.05) is 16.8 Å². The average Bonchev–Trinajstić information content (AvgIpc) is 2.94. The molecule has 0 atom stereocenters. The van der Waals surface area contributed by atoms with Crippen LogP contribution in [0.4, 0.5) is 5.69 Å². The van der Waals surface area contributed by atoms with E-state index in [9.17, 15) is 21.9 Å². The monoisotopic (exact) mass is 666 g/mol. The van der Waals surface area contributed by atoms with Crippen molar-refractivity contribution in [1.29, 1.82) is 0 Å². The second-order valence-corrected chi connectivity index (χ2v) is 18.3. The molecule has 2 rings (SSSR count). The van der Waals surface area contributed by atoms with Gasteiger partial charge >= 0.3 is 0 Å². The van der Waals surface area contributed by atoms with Crippen LogP contribution in [0.25, 0.3) is 0 Å². The molecule has 0 bridgehead atoms. The van der Waals surface area contributed by atoms with Crippen molar-refractivity contribution in [3.05, 3.63) is 29.1 Å². The van der Waals surface area contributed by atoms with Crippen molar-refractivity contribution in [2.24, 2.45) is 0 Å². The number of rotatable bonds is 19. The van der Waals surface area contributed by atoms with Crippen LogP contribution in [0.1, 0.15) is 149 Å². The Balaban J connectivity index is 2.42. The lowest BCUT2D eigenvalue weighted by Crippen LogP contribution is -2.21. The molecule has 0 aliphatic heterocycles. The van der Waals surface area contributed by atoms with Crippen molar-refractivity contribution in [2.45, 2.75) is 160 Å². The lowest BCUT2D eigenvalue weighted by Gasteiger charge is -2.28. The Morgan fingerprint density at radius 2 is 1.00 bits per heavy atom. The minimum absolute atomic E-state index is 0.0143. The SMILES string of the molecule is CCCCCCCCS(=O)(=O)c1nc(CNc2cc(C(C)(C)C)c(O)c(C(C)(C)C)c2)nc(S(=O)(=O)CCCCCCCC)n1. The third-order valence-electron chi connectivity index (χ3n) is 7.91. The third kappa shape index (κ3) is 12.5. The number of phenols is 1. The maximum absolute atomic E-state index is 13.3. The van der Waals surface area contributed by atoms with Crippen molar-refractivity contribution in [2.75, 3.05) is 16.8 Å². The van der Waals surface area contributed by atoms with Gasteiger partial charge in [-0.25, -0.2) is 26.8 Å². The third-order valence-corrected chi connectivity index (χ3v) is 11.0. The van der Waals surface area contributed by atoms with Gasteiger partial charge in [-0.05, 0) is 35.8 Å². The van der Waals surface area contributed by atoms with Gasteiger partial charge in [-0.3, -0.25) is 0 Å². The number of benzene rings is 1. The number of aromatic nitrogens is 3. The summed E-state index contributed by atoms with van der Waals surface area (Å²) in [6, 6.07) is 3.72. The van der Waals surface area contributed by atoms with Crippen molar-refractivity contribution >= 4 is 25.4 Å². The summed E-state index contributed by atoms with van der Waals surface area (Å²) in [5.41, 5.74) is 1.53. The summed E-state index contributed by atoms with van der Waals surface area (Å²) in [4.78, 5) is 12.6. The molecule has 0 aliphatic rings. The van der Waals surface area contributed by atoms with Gasteiger partial charge in [0.25, 0.3) is 10.3 Å². The summed E-state index contributed by atoms with van der Waals surface area (Å²) >= 11 is 0. The molecule has 1 aromatic carbocycles. The Bertz CT molecular complexity index is 1340. The molecule has 0 fully saturated rings. The minimum atomic E-state index is -3.92. The van der Waals surface area contributed by atoms with Gasteiger partial charge in [-0.2, -0.15) is 4.98 Å². The Hall–Kier alpha value is -2.27. The van der Waals surface area contributed by atoms with Gasteiger partial charge in [0.05, 0.1) is 18.1 Å².